The Kier molecular flexibility index (Phi) is 7.11. The van der Waals surface area contributed by atoms with Crippen molar-refractivity contribution in [3.8, 4) is 0 Å². The molecule has 0 aromatic rings. The molecule has 1 heterocycles. The van der Waals surface area contributed by atoms with Gasteiger partial charge in [-0.15, -0.1) is 0 Å². The highest BCUT2D eigenvalue weighted by Crippen LogP contribution is 2.25. The summed E-state index contributed by atoms with van der Waals surface area (Å²) in [5, 5.41) is 2.51. The number of nitrogens with two attached hydrogens (primary N) is 1. The minimum absolute atomic E-state index is 0.258. The van der Waals surface area contributed by atoms with E-state index in [1.165, 1.54) is 13.8 Å². The number of rotatable bonds is 5. The molecule has 0 saturated carbocycles. The molecule has 3 N–H and O–H groups in total. The quantitative estimate of drug-likeness (QED) is 0.454. The molecule has 0 bridgehead atoms. The first-order chi connectivity index (χ1) is 11.1. The summed E-state index contributed by atoms with van der Waals surface area (Å²) in [7, 11) is 0. The van der Waals surface area contributed by atoms with Gasteiger partial charge in [-0.1, -0.05) is 0 Å². The number of nitrogens with one attached hydrogen (secondary N) is 1. The molecular formula is C14H22N2O8. The molecule has 10 nitrogen and oxygen atoms in total. The molecule has 0 aliphatic carbocycles. The van der Waals surface area contributed by atoms with Gasteiger partial charge in [0.15, 0.2) is 12.2 Å². The molecule has 10 heteroatoms. The third-order valence-corrected chi connectivity index (χ3v) is 3.15. The van der Waals surface area contributed by atoms with Gasteiger partial charge in [0.2, 0.25) is 5.91 Å². The Balaban J connectivity index is 3.11. The summed E-state index contributed by atoms with van der Waals surface area (Å²) in [5.74, 6) is -2.32. The fraction of sp³-hybridized carbons (Fsp3) is 0.714. The lowest BCUT2D eigenvalue weighted by Crippen LogP contribution is -2.68. The molecule has 136 valence electrons. The van der Waals surface area contributed by atoms with Crippen LogP contribution in [0.2, 0.25) is 0 Å². The number of hydrogen-bond donors (Lipinski definition) is 2. The standard InChI is InChI=1S/C14H22N2O8/c1-6(17)16-11-13(23-9(4)20)12(22-8(3)19)10(24-14(11)15)5-21-7(2)18/h10-14H,5,15H2,1-4H3,(H,16,17)/t10-,11+,12+,13-,14-/m1/s1. The second-order valence-corrected chi connectivity index (χ2v) is 5.32. The van der Waals surface area contributed by atoms with Gasteiger partial charge in [-0.3, -0.25) is 19.2 Å². The molecule has 5 atom stereocenters. The van der Waals surface area contributed by atoms with E-state index in [0.717, 1.165) is 13.8 Å². The van der Waals surface area contributed by atoms with E-state index in [4.69, 9.17) is 24.7 Å². The first-order valence-corrected chi connectivity index (χ1v) is 7.27. The molecule has 1 aliphatic heterocycles. The first kappa shape index (κ1) is 19.8. The number of carbonyl (C=O) groups is 4. The van der Waals surface area contributed by atoms with Crippen molar-refractivity contribution < 1.29 is 38.1 Å². The maximum atomic E-state index is 11.4. The zero-order valence-electron chi connectivity index (χ0n) is 13.9. The van der Waals surface area contributed by atoms with Gasteiger partial charge in [0.05, 0.1) is 0 Å². The van der Waals surface area contributed by atoms with Gasteiger partial charge in [-0.25, -0.2) is 0 Å². The highest BCUT2D eigenvalue weighted by atomic mass is 16.6. The summed E-state index contributed by atoms with van der Waals surface area (Å²) in [6.07, 6.45) is -4.23. The zero-order chi connectivity index (χ0) is 18.4. The summed E-state index contributed by atoms with van der Waals surface area (Å²) >= 11 is 0. The third kappa shape index (κ3) is 5.78. The molecule has 1 fully saturated rings. The van der Waals surface area contributed by atoms with E-state index in [0.29, 0.717) is 0 Å². The summed E-state index contributed by atoms with van der Waals surface area (Å²) in [6, 6.07) is -0.940. The Morgan fingerprint density at radius 1 is 0.958 bits per heavy atom. The zero-order valence-corrected chi connectivity index (χ0v) is 13.9. The lowest BCUT2D eigenvalue weighted by molar-refractivity contribution is -0.222. The van der Waals surface area contributed by atoms with Crippen molar-refractivity contribution in [2.24, 2.45) is 5.73 Å². The van der Waals surface area contributed by atoms with Crippen LogP contribution in [0.4, 0.5) is 0 Å². The maximum Gasteiger partial charge on any atom is 0.303 e. The lowest BCUT2D eigenvalue weighted by Gasteiger charge is -2.44. The second-order valence-electron chi connectivity index (χ2n) is 5.32. The second kappa shape index (κ2) is 8.60. The molecular weight excluding hydrogens is 324 g/mol. The number of carbonyl (C=O) groups excluding carboxylic acids is 4. The van der Waals surface area contributed by atoms with E-state index in [1.807, 2.05) is 0 Å². The van der Waals surface area contributed by atoms with Crippen molar-refractivity contribution in [2.45, 2.75) is 58.3 Å². The SMILES string of the molecule is CC(=O)N[C@H]1[C@@H](OC(C)=O)[C@@H](OC(C)=O)[C@@H](COC(C)=O)O[C@H]1N. The van der Waals surface area contributed by atoms with Crippen molar-refractivity contribution in [1.29, 1.82) is 0 Å². The number of esters is 3. The largest absolute Gasteiger partial charge is 0.463 e. The minimum atomic E-state index is -1.11. The van der Waals surface area contributed by atoms with Gasteiger partial charge in [0, 0.05) is 27.7 Å². The predicted molar refractivity (Wildman–Crippen MR) is 78.2 cm³/mol. The Hall–Kier alpha value is -2.20. The van der Waals surface area contributed by atoms with Crippen LogP contribution in [0.1, 0.15) is 27.7 Å². The summed E-state index contributed by atoms with van der Waals surface area (Å²) in [4.78, 5) is 45.2. The van der Waals surface area contributed by atoms with Gasteiger partial charge in [-0.05, 0) is 0 Å². The van der Waals surface area contributed by atoms with Gasteiger partial charge in [0.25, 0.3) is 0 Å². The molecule has 1 amide bonds. The molecule has 0 aromatic carbocycles. The average molecular weight is 346 g/mol. The predicted octanol–water partition coefficient (Wildman–Crippen LogP) is -1.40. The van der Waals surface area contributed by atoms with Crippen molar-refractivity contribution in [1.82, 2.24) is 5.32 Å². The maximum absolute atomic E-state index is 11.4. The Labute approximate surface area is 138 Å². The molecule has 0 unspecified atom stereocenters. The van der Waals surface area contributed by atoms with E-state index >= 15 is 0 Å². The van der Waals surface area contributed by atoms with Gasteiger partial charge < -0.3 is 30.0 Å². The average Bonchev–Trinajstić information content (AvgIpc) is 2.42. The summed E-state index contributed by atoms with van der Waals surface area (Å²) in [6.45, 7) is 4.52. The molecule has 1 rings (SSSR count). The molecule has 1 saturated heterocycles. The number of hydrogen-bond acceptors (Lipinski definition) is 9. The topological polar surface area (TPSA) is 143 Å². The summed E-state index contributed by atoms with van der Waals surface area (Å²) in [5.41, 5.74) is 5.87. The lowest BCUT2D eigenvalue weighted by atomic mass is 9.95. The van der Waals surface area contributed by atoms with E-state index in [-0.39, 0.29) is 6.61 Å². The van der Waals surface area contributed by atoms with E-state index in [9.17, 15) is 19.2 Å². The van der Waals surface area contributed by atoms with Crippen molar-refractivity contribution in [3.05, 3.63) is 0 Å². The van der Waals surface area contributed by atoms with Crippen molar-refractivity contribution in [2.75, 3.05) is 6.61 Å². The highest BCUT2D eigenvalue weighted by molar-refractivity contribution is 5.73. The highest BCUT2D eigenvalue weighted by Gasteiger charge is 2.49. The fourth-order valence-electron chi connectivity index (χ4n) is 2.37. The van der Waals surface area contributed by atoms with E-state index in [2.05, 4.69) is 5.32 Å². The molecule has 0 radical (unpaired) electrons. The monoisotopic (exact) mass is 346 g/mol. The van der Waals surface area contributed by atoms with Gasteiger partial charge in [-0.2, -0.15) is 0 Å². The van der Waals surface area contributed by atoms with Crippen LogP contribution in [0.15, 0.2) is 0 Å². The van der Waals surface area contributed by atoms with Gasteiger partial charge >= 0.3 is 17.9 Å². The summed E-state index contributed by atoms with van der Waals surface area (Å²) < 4.78 is 20.7. The van der Waals surface area contributed by atoms with Crippen LogP contribution in [0.25, 0.3) is 0 Å². The van der Waals surface area contributed by atoms with Crippen LogP contribution < -0.4 is 11.1 Å². The van der Waals surface area contributed by atoms with Crippen molar-refractivity contribution >= 4 is 23.8 Å². The Morgan fingerprint density at radius 2 is 1.50 bits per heavy atom. The molecule has 24 heavy (non-hydrogen) atoms. The minimum Gasteiger partial charge on any atom is -0.463 e. The first-order valence-electron chi connectivity index (χ1n) is 7.27. The van der Waals surface area contributed by atoms with Crippen molar-refractivity contribution in [3.63, 3.8) is 0 Å². The van der Waals surface area contributed by atoms with Crippen LogP contribution >= 0.6 is 0 Å². The van der Waals surface area contributed by atoms with Gasteiger partial charge in [0.1, 0.15) is 25.0 Å². The molecule has 1 aliphatic rings. The fourth-order valence-corrected chi connectivity index (χ4v) is 2.37. The van der Waals surface area contributed by atoms with Crippen LogP contribution in [0, 0.1) is 0 Å². The van der Waals surface area contributed by atoms with Crippen LogP contribution in [-0.2, 0) is 38.1 Å². The Bertz CT molecular complexity index is 509. The Morgan fingerprint density at radius 3 is 1.96 bits per heavy atom. The normalized spacial score (nSPS) is 29.3. The van der Waals surface area contributed by atoms with Crippen LogP contribution in [0.5, 0.6) is 0 Å². The van der Waals surface area contributed by atoms with E-state index < -0.39 is 54.4 Å². The van der Waals surface area contributed by atoms with E-state index in [1.54, 1.807) is 0 Å². The number of ether oxygens (including phenoxy) is 4. The number of amides is 1. The van der Waals surface area contributed by atoms with Crippen LogP contribution in [-0.4, -0.2) is 61.0 Å². The van der Waals surface area contributed by atoms with Crippen LogP contribution in [0.3, 0.4) is 0 Å². The smallest absolute Gasteiger partial charge is 0.303 e. The molecule has 0 spiro atoms. The third-order valence-electron chi connectivity index (χ3n) is 3.15. The molecule has 0 aromatic heterocycles.